The van der Waals surface area contributed by atoms with Gasteiger partial charge in [-0.3, -0.25) is 4.79 Å². The minimum atomic E-state index is -0.0846. The highest BCUT2D eigenvalue weighted by Gasteiger charge is 2.09. The van der Waals surface area contributed by atoms with Gasteiger partial charge in [0.25, 0.3) is 11.4 Å². The standard InChI is InChI=1S/C16H17N5O2/c1-9-6-10(2)19-15(22)13(9)8-18-14-7-12(4-5-17-14)16-20-11(3)21-23-16/h4-7H,8H2,1-3H3,(H,17,18)(H,19,22). The summed E-state index contributed by atoms with van der Waals surface area (Å²) in [6, 6.07) is 5.55. The SMILES string of the molecule is Cc1noc(-c2ccnc(NCc3c(C)cc(C)[nH]c3=O)c2)n1. The molecule has 0 aliphatic carbocycles. The van der Waals surface area contributed by atoms with Crippen molar-refractivity contribution in [2.24, 2.45) is 0 Å². The largest absolute Gasteiger partial charge is 0.366 e. The fraction of sp³-hybridized carbons (Fsp3) is 0.250. The normalized spacial score (nSPS) is 10.7. The number of H-pyrrole nitrogens is 1. The number of pyridine rings is 2. The van der Waals surface area contributed by atoms with Crippen molar-refractivity contribution in [3.8, 4) is 11.5 Å². The predicted molar refractivity (Wildman–Crippen MR) is 86.1 cm³/mol. The Bertz CT molecular complexity index is 897. The van der Waals surface area contributed by atoms with Crippen molar-refractivity contribution in [3.63, 3.8) is 0 Å². The van der Waals surface area contributed by atoms with Crippen LogP contribution in [0.2, 0.25) is 0 Å². The van der Waals surface area contributed by atoms with E-state index in [2.05, 4.69) is 25.4 Å². The quantitative estimate of drug-likeness (QED) is 0.767. The molecule has 2 N–H and O–H groups in total. The second-order valence-electron chi connectivity index (χ2n) is 5.37. The zero-order chi connectivity index (χ0) is 16.4. The number of aromatic nitrogens is 4. The monoisotopic (exact) mass is 311 g/mol. The Labute approximate surface area is 132 Å². The molecule has 0 saturated heterocycles. The van der Waals surface area contributed by atoms with Gasteiger partial charge in [-0.05, 0) is 44.5 Å². The summed E-state index contributed by atoms with van der Waals surface area (Å²) < 4.78 is 5.15. The van der Waals surface area contributed by atoms with E-state index in [4.69, 9.17) is 4.52 Å². The summed E-state index contributed by atoms with van der Waals surface area (Å²) >= 11 is 0. The Morgan fingerprint density at radius 3 is 2.78 bits per heavy atom. The average molecular weight is 311 g/mol. The molecule has 0 amide bonds. The zero-order valence-electron chi connectivity index (χ0n) is 13.2. The number of hydrogen-bond donors (Lipinski definition) is 2. The first kappa shape index (κ1) is 15.0. The van der Waals surface area contributed by atoms with E-state index in [1.165, 1.54) is 0 Å². The van der Waals surface area contributed by atoms with Crippen LogP contribution in [0.25, 0.3) is 11.5 Å². The van der Waals surface area contributed by atoms with E-state index in [1.807, 2.05) is 26.0 Å². The van der Waals surface area contributed by atoms with Gasteiger partial charge in [0.05, 0.1) is 0 Å². The number of rotatable bonds is 4. The van der Waals surface area contributed by atoms with Crippen molar-refractivity contribution in [1.82, 2.24) is 20.1 Å². The minimum absolute atomic E-state index is 0.0846. The number of anilines is 1. The Hall–Kier alpha value is -2.96. The Morgan fingerprint density at radius 2 is 2.09 bits per heavy atom. The van der Waals surface area contributed by atoms with E-state index >= 15 is 0 Å². The van der Waals surface area contributed by atoms with Crippen LogP contribution < -0.4 is 10.9 Å². The maximum absolute atomic E-state index is 12.0. The number of aryl methyl sites for hydroxylation is 3. The molecule has 0 aliphatic rings. The molecule has 118 valence electrons. The second-order valence-corrected chi connectivity index (χ2v) is 5.37. The first-order valence-corrected chi connectivity index (χ1v) is 7.23. The van der Waals surface area contributed by atoms with E-state index in [0.717, 1.165) is 16.8 Å². The van der Waals surface area contributed by atoms with Crippen LogP contribution in [0, 0.1) is 20.8 Å². The summed E-state index contributed by atoms with van der Waals surface area (Å²) in [5.74, 6) is 1.66. The Kier molecular flexibility index (Phi) is 3.92. The Balaban J connectivity index is 1.81. The fourth-order valence-corrected chi connectivity index (χ4v) is 2.35. The van der Waals surface area contributed by atoms with E-state index in [1.54, 1.807) is 19.2 Å². The van der Waals surface area contributed by atoms with Gasteiger partial charge < -0.3 is 14.8 Å². The molecule has 0 bridgehead atoms. The van der Waals surface area contributed by atoms with Gasteiger partial charge in [0.15, 0.2) is 5.82 Å². The summed E-state index contributed by atoms with van der Waals surface area (Å²) in [6.45, 7) is 5.94. The lowest BCUT2D eigenvalue weighted by atomic mass is 10.1. The lowest BCUT2D eigenvalue weighted by Gasteiger charge is -2.09. The summed E-state index contributed by atoms with van der Waals surface area (Å²) in [5.41, 5.74) is 3.18. The fourth-order valence-electron chi connectivity index (χ4n) is 2.35. The number of aromatic amines is 1. The van der Waals surface area contributed by atoms with Crippen LogP contribution in [0.5, 0.6) is 0 Å². The van der Waals surface area contributed by atoms with Gasteiger partial charge in [-0.25, -0.2) is 4.98 Å². The predicted octanol–water partition coefficient (Wildman–Crippen LogP) is 2.36. The van der Waals surface area contributed by atoms with Crippen LogP contribution in [0.3, 0.4) is 0 Å². The van der Waals surface area contributed by atoms with E-state index < -0.39 is 0 Å². The van der Waals surface area contributed by atoms with E-state index in [9.17, 15) is 4.79 Å². The summed E-state index contributed by atoms with van der Waals surface area (Å²) in [6.07, 6.45) is 1.66. The highest BCUT2D eigenvalue weighted by atomic mass is 16.5. The van der Waals surface area contributed by atoms with Crippen molar-refractivity contribution in [1.29, 1.82) is 0 Å². The van der Waals surface area contributed by atoms with Crippen LogP contribution in [0.4, 0.5) is 5.82 Å². The van der Waals surface area contributed by atoms with Crippen LogP contribution in [0.15, 0.2) is 33.7 Å². The molecular weight excluding hydrogens is 294 g/mol. The second kappa shape index (κ2) is 6.04. The molecule has 0 fully saturated rings. The third kappa shape index (κ3) is 3.28. The molecule has 0 aromatic carbocycles. The average Bonchev–Trinajstić information content (AvgIpc) is 2.93. The van der Waals surface area contributed by atoms with Gasteiger partial charge in [0.2, 0.25) is 0 Å². The molecule has 0 radical (unpaired) electrons. The molecule has 7 heteroatoms. The first-order chi connectivity index (χ1) is 11.0. The van der Waals surface area contributed by atoms with E-state index in [-0.39, 0.29) is 5.56 Å². The van der Waals surface area contributed by atoms with Crippen LogP contribution in [-0.2, 0) is 6.54 Å². The maximum Gasteiger partial charge on any atom is 0.258 e. The number of nitrogens with one attached hydrogen (secondary N) is 2. The van der Waals surface area contributed by atoms with E-state index in [0.29, 0.717) is 29.6 Å². The van der Waals surface area contributed by atoms with Crippen LogP contribution >= 0.6 is 0 Å². The molecule has 0 spiro atoms. The van der Waals surface area contributed by atoms with Gasteiger partial charge >= 0.3 is 0 Å². The molecule has 7 nitrogen and oxygen atoms in total. The number of nitrogens with zero attached hydrogens (tertiary/aromatic N) is 3. The summed E-state index contributed by atoms with van der Waals surface area (Å²) in [4.78, 5) is 23.3. The topological polar surface area (TPSA) is 96.7 Å². The number of hydrogen-bond acceptors (Lipinski definition) is 6. The summed E-state index contributed by atoms with van der Waals surface area (Å²) in [7, 11) is 0. The third-order valence-electron chi connectivity index (χ3n) is 3.47. The molecule has 0 unspecified atom stereocenters. The molecule has 23 heavy (non-hydrogen) atoms. The highest BCUT2D eigenvalue weighted by molar-refractivity contribution is 5.57. The molecule has 0 atom stereocenters. The van der Waals surface area contributed by atoms with Gasteiger partial charge in [0, 0.05) is 29.6 Å². The molecule has 3 aromatic heterocycles. The van der Waals surface area contributed by atoms with Gasteiger partial charge in [-0.1, -0.05) is 5.16 Å². The van der Waals surface area contributed by atoms with Crippen molar-refractivity contribution < 1.29 is 4.52 Å². The van der Waals surface area contributed by atoms with Gasteiger partial charge in [-0.2, -0.15) is 4.98 Å². The zero-order valence-corrected chi connectivity index (χ0v) is 13.2. The van der Waals surface area contributed by atoms with Crippen LogP contribution in [0.1, 0.15) is 22.6 Å². The third-order valence-corrected chi connectivity index (χ3v) is 3.47. The smallest absolute Gasteiger partial charge is 0.258 e. The Morgan fingerprint density at radius 1 is 1.26 bits per heavy atom. The molecule has 3 rings (SSSR count). The lowest BCUT2D eigenvalue weighted by Crippen LogP contribution is -2.18. The van der Waals surface area contributed by atoms with Crippen molar-refractivity contribution in [2.45, 2.75) is 27.3 Å². The van der Waals surface area contributed by atoms with Crippen molar-refractivity contribution in [2.75, 3.05) is 5.32 Å². The highest BCUT2D eigenvalue weighted by Crippen LogP contribution is 2.19. The molecular formula is C16H17N5O2. The molecule has 3 heterocycles. The van der Waals surface area contributed by atoms with Crippen LogP contribution in [-0.4, -0.2) is 20.1 Å². The van der Waals surface area contributed by atoms with Crippen molar-refractivity contribution in [3.05, 3.63) is 57.4 Å². The minimum Gasteiger partial charge on any atom is -0.366 e. The lowest BCUT2D eigenvalue weighted by molar-refractivity contribution is 0.425. The van der Waals surface area contributed by atoms with Gasteiger partial charge in [-0.15, -0.1) is 0 Å². The molecule has 3 aromatic rings. The van der Waals surface area contributed by atoms with Crippen molar-refractivity contribution >= 4 is 5.82 Å². The summed E-state index contributed by atoms with van der Waals surface area (Å²) in [5, 5.41) is 6.93. The molecule has 0 saturated carbocycles. The maximum atomic E-state index is 12.0. The first-order valence-electron chi connectivity index (χ1n) is 7.23. The molecule has 0 aliphatic heterocycles. The van der Waals surface area contributed by atoms with Gasteiger partial charge in [0.1, 0.15) is 5.82 Å².